The van der Waals surface area contributed by atoms with E-state index in [1.807, 2.05) is 0 Å². The second-order valence-electron chi connectivity index (χ2n) is 0.953. The summed E-state index contributed by atoms with van der Waals surface area (Å²) in [7, 11) is 0. The molecule has 0 aliphatic heterocycles. The zero-order valence-electron chi connectivity index (χ0n) is 3.90. The van der Waals surface area contributed by atoms with E-state index in [0.717, 1.165) is 0 Å². The average Bonchev–Trinajstić information content (AvgIpc) is 1.84. The van der Waals surface area contributed by atoms with Crippen LogP contribution in [0.3, 0.4) is 0 Å². The smallest absolute Gasteiger partial charge is 0.293 e. The van der Waals surface area contributed by atoms with Crippen LogP contribution in [0, 0.1) is 0 Å². The highest BCUT2D eigenvalue weighted by Gasteiger charge is 2.16. The third kappa shape index (κ3) is 2.13. The first kappa shape index (κ1) is 7.96. The van der Waals surface area contributed by atoms with Crippen LogP contribution in [0.5, 0.6) is 0 Å². The minimum atomic E-state index is -2.82. The summed E-state index contributed by atoms with van der Waals surface area (Å²) in [6.45, 7) is 0. The first-order valence-electron chi connectivity index (χ1n) is 1.66. The lowest BCUT2D eigenvalue weighted by atomic mass is 10.6. The summed E-state index contributed by atoms with van der Waals surface area (Å²) >= 11 is 0. The van der Waals surface area contributed by atoms with Gasteiger partial charge in [-0.1, -0.05) is 0 Å². The van der Waals surface area contributed by atoms with Crippen LogP contribution in [-0.2, 0) is 9.68 Å². The van der Waals surface area contributed by atoms with Gasteiger partial charge in [0.25, 0.3) is 5.83 Å². The van der Waals surface area contributed by atoms with Crippen molar-refractivity contribution in [3.63, 3.8) is 0 Å². The molecule has 0 fully saturated rings. The summed E-state index contributed by atoms with van der Waals surface area (Å²) in [5.41, 5.74) is 0. The summed E-state index contributed by atoms with van der Waals surface area (Å²) in [5.74, 6) is -4.49. The van der Waals surface area contributed by atoms with Crippen LogP contribution in [0.25, 0.3) is 0 Å². The minimum Gasteiger partial charge on any atom is -0.293 e. The summed E-state index contributed by atoms with van der Waals surface area (Å²) in [6.07, 6.45) is -2.82. The van der Waals surface area contributed by atoms with Gasteiger partial charge in [0.15, 0.2) is 0 Å². The molecule has 0 heterocycles. The maximum absolute atomic E-state index is 11.4. The van der Waals surface area contributed by atoms with Crippen molar-refractivity contribution >= 4 is 5.97 Å². The van der Waals surface area contributed by atoms with Crippen LogP contribution >= 0.6 is 0 Å². The molecule has 6 heteroatoms. The maximum atomic E-state index is 11.4. The van der Waals surface area contributed by atoms with Crippen molar-refractivity contribution in [1.82, 2.24) is 0 Å². The van der Waals surface area contributed by atoms with Gasteiger partial charge in [0.1, 0.15) is 0 Å². The van der Waals surface area contributed by atoms with Gasteiger partial charge in [-0.25, -0.2) is 4.79 Å². The highest BCUT2D eigenvalue weighted by molar-refractivity contribution is 5.85. The predicted molar refractivity (Wildman–Crippen MR) is 19.1 cm³/mol. The number of carbonyl (C=O) groups is 1. The van der Waals surface area contributed by atoms with Gasteiger partial charge in [-0.3, -0.25) is 4.89 Å². The molecule has 0 bridgehead atoms. The molecule has 0 spiro atoms. The van der Waals surface area contributed by atoms with E-state index in [4.69, 9.17) is 5.26 Å². The van der Waals surface area contributed by atoms with Crippen LogP contribution in [0.4, 0.5) is 13.2 Å². The molecule has 0 aromatic rings. The van der Waals surface area contributed by atoms with E-state index in [0.29, 0.717) is 0 Å². The fourth-order valence-corrected chi connectivity index (χ4v) is 0.117. The van der Waals surface area contributed by atoms with Gasteiger partial charge in [0.05, 0.1) is 0 Å². The lowest BCUT2D eigenvalue weighted by molar-refractivity contribution is -0.231. The second-order valence-corrected chi connectivity index (χ2v) is 0.953. The number of hydrogen-bond donors (Lipinski definition) is 1. The van der Waals surface area contributed by atoms with Crippen LogP contribution in [0.2, 0.25) is 0 Å². The largest absolute Gasteiger partial charge is 0.406 e. The molecule has 0 rings (SSSR count). The predicted octanol–water partition coefficient (Wildman–Crippen LogP) is 1.08. The Labute approximate surface area is 47.3 Å². The van der Waals surface area contributed by atoms with Crippen molar-refractivity contribution < 1.29 is 28.1 Å². The fraction of sp³-hybridized carbons (Fsp3) is 0. The molecular weight excluding hydrogens is 141 g/mol. The molecule has 0 aliphatic carbocycles. The molecule has 0 saturated carbocycles. The zero-order valence-corrected chi connectivity index (χ0v) is 3.90. The summed E-state index contributed by atoms with van der Waals surface area (Å²) in [5, 5.41) is 7.30. The lowest BCUT2D eigenvalue weighted by Gasteiger charge is -1.87. The number of rotatable bonds is 1. The molecule has 0 aromatic heterocycles. The summed E-state index contributed by atoms with van der Waals surface area (Å²) < 4.78 is 33.3. The lowest BCUT2D eigenvalue weighted by Crippen LogP contribution is -2.01. The molecule has 3 nitrogen and oxygen atoms in total. The van der Waals surface area contributed by atoms with E-state index in [-0.39, 0.29) is 0 Å². The van der Waals surface area contributed by atoms with Gasteiger partial charge in [-0.15, -0.1) is 0 Å². The normalized spacial score (nSPS) is 8.44. The van der Waals surface area contributed by atoms with Crippen molar-refractivity contribution in [2.24, 2.45) is 0 Å². The Hall–Kier alpha value is -1.04. The third-order valence-electron chi connectivity index (χ3n) is 0.428. The molecule has 1 N–H and O–H groups in total. The summed E-state index contributed by atoms with van der Waals surface area (Å²) in [4.78, 5) is 12.2. The number of hydrogen-bond acceptors (Lipinski definition) is 3. The molecule has 0 amide bonds. The van der Waals surface area contributed by atoms with Crippen LogP contribution in [0.1, 0.15) is 0 Å². The maximum Gasteiger partial charge on any atom is 0.406 e. The molecule has 0 radical (unpaired) electrons. The van der Waals surface area contributed by atoms with Crippen molar-refractivity contribution in [3.05, 3.63) is 11.9 Å². The zero-order chi connectivity index (χ0) is 7.44. The Morgan fingerprint density at radius 1 is 1.33 bits per heavy atom. The first-order valence-corrected chi connectivity index (χ1v) is 1.66. The first-order chi connectivity index (χ1) is 4.09. The Morgan fingerprint density at radius 2 is 1.78 bits per heavy atom. The molecule has 0 saturated heterocycles. The Morgan fingerprint density at radius 3 is 1.89 bits per heavy atom. The quantitative estimate of drug-likeness (QED) is 0.338. The van der Waals surface area contributed by atoms with E-state index in [1.54, 1.807) is 0 Å². The average molecular weight is 142 g/mol. The molecule has 0 unspecified atom stereocenters. The highest BCUT2D eigenvalue weighted by Crippen LogP contribution is 2.09. The Balaban J connectivity index is 4.21. The topological polar surface area (TPSA) is 46.5 Å². The van der Waals surface area contributed by atoms with Gasteiger partial charge in [-0.2, -0.15) is 18.4 Å². The fourth-order valence-electron chi connectivity index (χ4n) is 0.117. The molecule has 0 aliphatic rings. The Kier molecular flexibility index (Phi) is 2.72. The molecule has 0 aromatic carbocycles. The molecule has 9 heavy (non-hydrogen) atoms. The van der Waals surface area contributed by atoms with Crippen LogP contribution in [0.15, 0.2) is 11.9 Å². The van der Waals surface area contributed by atoms with Crippen LogP contribution in [-0.4, -0.2) is 11.2 Å². The van der Waals surface area contributed by atoms with Gasteiger partial charge in [0.2, 0.25) is 0 Å². The van der Waals surface area contributed by atoms with Gasteiger partial charge >= 0.3 is 12.0 Å². The van der Waals surface area contributed by atoms with Crippen molar-refractivity contribution in [2.45, 2.75) is 0 Å². The monoisotopic (exact) mass is 142 g/mol. The van der Waals surface area contributed by atoms with E-state index in [2.05, 4.69) is 4.89 Å². The van der Waals surface area contributed by atoms with Gasteiger partial charge in [-0.05, 0) is 0 Å². The van der Waals surface area contributed by atoms with Crippen molar-refractivity contribution in [2.75, 3.05) is 0 Å². The van der Waals surface area contributed by atoms with Gasteiger partial charge < -0.3 is 0 Å². The Bertz CT molecular complexity index is 148. The van der Waals surface area contributed by atoms with Crippen molar-refractivity contribution in [3.8, 4) is 0 Å². The van der Waals surface area contributed by atoms with E-state index < -0.39 is 17.9 Å². The SMILES string of the molecule is O=C(OO)C(F)=C(F)F. The number of carbonyl (C=O) groups excluding carboxylic acids is 1. The van der Waals surface area contributed by atoms with Crippen molar-refractivity contribution in [1.29, 1.82) is 0 Å². The van der Waals surface area contributed by atoms with Crippen LogP contribution < -0.4 is 0 Å². The van der Waals surface area contributed by atoms with E-state index >= 15 is 0 Å². The minimum absolute atomic E-state index is 2.10. The molecule has 0 atom stereocenters. The standard InChI is InChI=1S/C3HF3O3/c4-1(2(5)6)3(7)9-8/h8H. The van der Waals surface area contributed by atoms with E-state index in [1.165, 1.54) is 0 Å². The number of halogens is 3. The molecule has 52 valence electrons. The highest BCUT2D eigenvalue weighted by atomic mass is 19.3. The third-order valence-corrected chi connectivity index (χ3v) is 0.428. The second kappa shape index (κ2) is 3.08. The van der Waals surface area contributed by atoms with E-state index in [9.17, 15) is 18.0 Å². The summed E-state index contributed by atoms with van der Waals surface area (Å²) in [6, 6.07) is 0. The molecular formula is C3HF3O3. The van der Waals surface area contributed by atoms with Gasteiger partial charge in [0, 0.05) is 0 Å².